The summed E-state index contributed by atoms with van der Waals surface area (Å²) in [5.74, 6) is 1.10. The van der Waals surface area contributed by atoms with Gasteiger partial charge >= 0.3 is 0 Å². The Balaban J connectivity index is 1.60. The molecule has 6 heteroatoms. The van der Waals surface area contributed by atoms with Crippen LogP contribution in [0.25, 0.3) is 0 Å². The summed E-state index contributed by atoms with van der Waals surface area (Å²) >= 11 is 0. The molecule has 2 aliphatic rings. The first-order valence-corrected chi connectivity index (χ1v) is 8.97. The Morgan fingerprint density at radius 3 is 2.56 bits per heavy atom. The first-order chi connectivity index (χ1) is 13.2. The molecule has 0 spiro atoms. The number of aromatic nitrogens is 3. The van der Waals surface area contributed by atoms with Crippen molar-refractivity contribution < 1.29 is 9.90 Å². The minimum Gasteiger partial charge on any atom is -0.508 e. The van der Waals surface area contributed by atoms with Gasteiger partial charge in [-0.3, -0.25) is 4.79 Å². The molecule has 1 aromatic heterocycles. The SMILES string of the molecule is O=C1C[C@@H](c2ccccc2)CC2=C1[C@@H](c1ccc(O)cc1)n1ncnc1N2. The molecule has 0 radical (unpaired) electrons. The number of allylic oxidation sites excluding steroid dienone is 2. The number of ketones is 1. The number of rotatable bonds is 2. The molecule has 2 N–H and O–H groups in total. The van der Waals surface area contributed by atoms with Crippen LogP contribution in [0, 0.1) is 0 Å². The van der Waals surface area contributed by atoms with Crippen LogP contribution in [0.1, 0.15) is 35.9 Å². The average molecular weight is 358 g/mol. The summed E-state index contributed by atoms with van der Waals surface area (Å²) in [5.41, 5.74) is 3.73. The van der Waals surface area contributed by atoms with Gasteiger partial charge in [0.15, 0.2) is 5.78 Å². The number of Topliss-reactive ketones (excluding diaryl/α,β-unsaturated/α-hetero) is 1. The van der Waals surface area contributed by atoms with Gasteiger partial charge in [-0.1, -0.05) is 42.5 Å². The van der Waals surface area contributed by atoms with Crippen LogP contribution in [0.4, 0.5) is 5.95 Å². The third-order valence-electron chi connectivity index (χ3n) is 5.34. The Morgan fingerprint density at radius 1 is 1.00 bits per heavy atom. The minimum atomic E-state index is -0.330. The van der Waals surface area contributed by atoms with Crippen LogP contribution in [0.15, 0.2) is 72.2 Å². The molecule has 2 aromatic carbocycles. The van der Waals surface area contributed by atoms with E-state index >= 15 is 0 Å². The predicted molar refractivity (Wildman–Crippen MR) is 100 cm³/mol. The lowest BCUT2D eigenvalue weighted by Crippen LogP contribution is -2.33. The summed E-state index contributed by atoms with van der Waals surface area (Å²) in [7, 11) is 0. The van der Waals surface area contributed by atoms with Crippen LogP contribution in [0.5, 0.6) is 5.75 Å². The molecule has 1 aliphatic heterocycles. The van der Waals surface area contributed by atoms with Crippen LogP contribution >= 0.6 is 0 Å². The van der Waals surface area contributed by atoms with Crippen molar-refractivity contribution in [1.82, 2.24) is 14.8 Å². The fourth-order valence-corrected chi connectivity index (χ4v) is 4.08. The fraction of sp³-hybridized carbons (Fsp3) is 0.190. The Kier molecular flexibility index (Phi) is 3.57. The number of hydrogen-bond acceptors (Lipinski definition) is 5. The zero-order valence-corrected chi connectivity index (χ0v) is 14.5. The number of phenolic OH excluding ortho intramolecular Hbond substituents is 1. The molecule has 27 heavy (non-hydrogen) atoms. The van der Waals surface area contributed by atoms with E-state index in [0.29, 0.717) is 12.4 Å². The number of fused-ring (bicyclic) bond motifs is 1. The second kappa shape index (κ2) is 6.09. The van der Waals surface area contributed by atoms with E-state index in [1.54, 1.807) is 16.8 Å². The molecule has 3 aromatic rings. The van der Waals surface area contributed by atoms with E-state index in [1.807, 2.05) is 30.3 Å². The van der Waals surface area contributed by atoms with Gasteiger partial charge in [-0.05, 0) is 35.6 Å². The third-order valence-corrected chi connectivity index (χ3v) is 5.34. The average Bonchev–Trinajstić information content (AvgIpc) is 3.16. The molecule has 2 heterocycles. The van der Waals surface area contributed by atoms with Crippen LogP contribution in [-0.2, 0) is 4.79 Å². The lowest BCUT2D eigenvalue weighted by molar-refractivity contribution is -0.116. The number of carbonyl (C=O) groups is 1. The second-order valence-electron chi connectivity index (χ2n) is 6.98. The molecule has 0 amide bonds. The van der Waals surface area contributed by atoms with E-state index in [4.69, 9.17) is 0 Å². The summed E-state index contributed by atoms with van der Waals surface area (Å²) in [5, 5.41) is 17.3. The second-order valence-corrected chi connectivity index (χ2v) is 6.98. The molecule has 0 saturated carbocycles. The number of aromatic hydroxyl groups is 1. The quantitative estimate of drug-likeness (QED) is 0.734. The molecule has 5 rings (SSSR count). The van der Waals surface area contributed by atoms with Gasteiger partial charge in [0.05, 0.1) is 0 Å². The van der Waals surface area contributed by atoms with E-state index in [0.717, 1.165) is 23.3 Å². The van der Waals surface area contributed by atoms with Crippen LogP contribution < -0.4 is 5.32 Å². The van der Waals surface area contributed by atoms with E-state index in [2.05, 4.69) is 27.5 Å². The lowest BCUT2D eigenvalue weighted by Gasteiger charge is -2.35. The summed E-state index contributed by atoms with van der Waals surface area (Å²) in [6, 6.07) is 16.8. The first-order valence-electron chi connectivity index (χ1n) is 8.97. The molecular formula is C21H18N4O2. The van der Waals surface area contributed by atoms with Gasteiger partial charge in [0.2, 0.25) is 5.95 Å². The molecule has 0 unspecified atom stereocenters. The van der Waals surface area contributed by atoms with Crippen molar-refractivity contribution in [2.45, 2.75) is 24.8 Å². The largest absolute Gasteiger partial charge is 0.508 e. The topological polar surface area (TPSA) is 80.0 Å². The van der Waals surface area contributed by atoms with Crippen LogP contribution in [0.3, 0.4) is 0 Å². The normalized spacial score (nSPS) is 21.4. The molecule has 6 nitrogen and oxygen atoms in total. The maximum absolute atomic E-state index is 13.2. The van der Waals surface area contributed by atoms with Gasteiger partial charge in [-0.15, -0.1) is 0 Å². The molecule has 0 fully saturated rings. The highest BCUT2D eigenvalue weighted by molar-refractivity contribution is 6.00. The zero-order chi connectivity index (χ0) is 18.4. The highest BCUT2D eigenvalue weighted by Crippen LogP contribution is 2.43. The fourth-order valence-electron chi connectivity index (χ4n) is 4.08. The molecule has 0 bridgehead atoms. The van der Waals surface area contributed by atoms with Crippen LogP contribution in [0.2, 0.25) is 0 Å². The van der Waals surface area contributed by atoms with E-state index in [9.17, 15) is 9.90 Å². The van der Waals surface area contributed by atoms with Crippen LogP contribution in [-0.4, -0.2) is 25.7 Å². The molecule has 2 atom stereocenters. The number of phenols is 1. The van der Waals surface area contributed by atoms with E-state index in [1.165, 1.54) is 11.9 Å². The Labute approximate surface area is 156 Å². The van der Waals surface area contributed by atoms with E-state index < -0.39 is 0 Å². The summed E-state index contributed by atoms with van der Waals surface area (Å²) < 4.78 is 1.74. The standard InChI is InChI=1S/C21H18N4O2/c26-16-8-6-14(7-9-16)20-19-17(24-21-22-12-23-25(20)21)10-15(11-18(19)27)13-4-2-1-3-5-13/h1-9,12,15,20,26H,10-11H2,(H,22,23,24)/t15-,20+/m0/s1. The number of benzene rings is 2. The van der Waals surface area contributed by atoms with Crippen molar-refractivity contribution in [3.8, 4) is 5.75 Å². The van der Waals surface area contributed by atoms with Gasteiger partial charge in [0, 0.05) is 17.7 Å². The van der Waals surface area contributed by atoms with Gasteiger partial charge in [-0.25, -0.2) is 4.68 Å². The smallest absolute Gasteiger partial charge is 0.226 e. The van der Waals surface area contributed by atoms with Gasteiger partial charge < -0.3 is 10.4 Å². The molecular weight excluding hydrogens is 340 g/mol. The summed E-state index contributed by atoms with van der Waals surface area (Å²) in [4.78, 5) is 17.5. The van der Waals surface area contributed by atoms with Crippen molar-refractivity contribution >= 4 is 11.7 Å². The lowest BCUT2D eigenvalue weighted by atomic mass is 9.78. The van der Waals surface area contributed by atoms with Gasteiger partial charge in [-0.2, -0.15) is 10.1 Å². The van der Waals surface area contributed by atoms with Gasteiger partial charge in [0.25, 0.3) is 0 Å². The Bertz CT molecular complexity index is 1040. The number of hydrogen-bond donors (Lipinski definition) is 2. The summed E-state index contributed by atoms with van der Waals surface area (Å²) in [6.45, 7) is 0. The number of nitrogens with zero attached hydrogens (tertiary/aromatic N) is 3. The van der Waals surface area contributed by atoms with Crippen molar-refractivity contribution in [2.75, 3.05) is 5.32 Å². The van der Waals surface area contributed by atoms with Crippen molar-refractivity contribution in [3.05, 3.63) is 83.3 Å². The highest BCUT2D eigenvalue weighted by atomic mass is 16.3. The Hall–Kier alpha value is -3.41. The zero-order valence-electron chi connectivity index (χ0n) is 14.5. The van der Waals surface area contributed by atoms with Crippen molar-refractivity contribution in [3.63, 3.8) is 0 Å². The molecule has 134 valence electrons. The number of carbonyl (C=O) groups excluding carboxylic acids is 1. The first kappa shape index (κ1) is 15.8. The predicted octanol–water partition coefficient (Wildman–Crippen LogP) is 3.40. The number of anilines is 1. The number of nitrogens with one attached hydrogen (secondary N) is 1. The van der Waals surface area contributed by atoms with Crippen molar-refractivity contribution in [1.29, 1.82) is 0 Å². The van der Waals surface area contributed by atoms with Gasteiger partial charge in [0.1, 0.15) is 18.1 Å². The minimum absolute atomic E-state index is 0.122. The maximum atomic E-state index is 13.2. The van der Waals surface area contributed by atoms with Crippen molar-refractivity contribution in [2.24, 2.45) is 0 Å². The Morgan fingerprint density at radius 2 is 1.78 bits per heavy atom. The summed E-state index contributed by atoms with van der Waals surface area (Å²) in [6.07, 6.45) is 2.73. The highest BCUT2D eigenvalue weighted by Gasteiger charge is 2.39. The molecule has 0 saturated heterocycles. The maximum Gasteiger partial charge on any atom is 0.226 e. The third kappa shape index (κ3) is 2.61. The monoisotopic (exact) mass is 358 g/mol. The van der Waals surface area contributed by atoms with E-state index in [-0.39, 0.29) is 23.5 Å². The molecule has 1 aliphatic carbocycles.